The van der Waals surface area contributed by atoms with Gasteiger partial charge in [0.25, 0.3) is 15.7 Å². The van der Waals surface area contributed by atoms with E-state index in [1.165, 1.54) is 25.7 Å². The number of nitrogens with one attached hydrogen (secondary N) is 3. The normalized spacial score (nSPS) is 17.2. The summed E-state index contributed by atoms with van der Waals surface area (Å²) in [5.74, 6) is -0.0426. The second-order valence-corrected chi connectivity index (χ2v) is 8.86. The Morgan fingerprint density at radius 3 is 2.52 bits per heavy atom. The molecule has 0 bridgehead atoms. The zero-order valence-electron chi connectivity index (χ0n) is 16.9. The number of carbonyl (C=O) groups excluding carboxylic acids is 1. The van der Waals surface area contributed by atoms with Crippen LogP contribution in [0.5, 0.6) is 0 Å². The molecule has 11 heteroatoms. The summed E-state index contributed by atoms with van der Waals surface area (Å²) in [5, 5.41) is 12.8. The number of anilines is 1. The van der Waals surface area contributed by atoms with Crippen LogP contribution in [0.3, 0.4) is 0 Å². The highest BCUT2D eigenvalue weighted by molar-refractivity contribution is 7.85. The molecule has 1 fully saturated rings. The van der Waals surface area contributed by atoms with Gasteiger partial charge >= 0.3 is 0 Å². The number of rotatable bonds is 5. The van der Waals surface area contributed by atoms with Crippen molar-refractivity contribution in [2.75, 3.05) is 44.3 Å². The summed E-state index contributed by atoms with van der Waals surface area (Å²) in [6.45, 7) is 4.66. The highest BCUT2D eigenvalue weighted by Gasteiger charge is 2.19. The standard InChI is InChI=1S/C17H27N5O2.CH4O3S/c23-15(18-8-11-22-9-3-1-2-4-10-22)12-14-16-13(6-5-7-19-16)17(24)21-20-14;1-5(2,3)4/h19H,1-12H2,(H,18,23)(H,21,24);1H3,(H,2,3,4). The Hall–Kier alpha value is -1.98. The Morgan fingerprint density at radius 1 is 1.21 bits per heavy atom. The van der Waals surface area contributed by atoms with Crippen LogP contribution in [-0.2, 0) is 27.8 Å². The Kier molecular flexibility index (Phi) is 9.05. The number of aromatic amines is 1. The first-order chi connectivity index (χ1) is 13.7. The fourth-order valence-corrected chi connectivity index (χ4v) is 3.51. The number of fused-ring (bicyclic) bond motifs is 1. The molecule has 1 aromatic heterocycles. The Balaban J connectivity index is 0.000000537. The maximum atomic E-state index is 12.2. The summed E-state index contributed by atoms with van der Waals surface area (Å²) in [7, 11) is -3.67. The molecule has 1 saturated heterocycles. The van der Waals surface area contributed by atoms with E-state index >= 15 is 0 Å². The van der Waals surface area contributed by atoms with Gasteiger partial charge < -0.3 is 15.5 Å². The topological polar surface area (TPSA) is 144 Å². The number of H-pyrrole nitrogens is 1. The van der Waals surface area contributed by atoms with Crippen LogP contribution in [0.1, 0.15) is 43.4 Å². The lowest BCUT2D eigenvalue weighted by Gasteiger charge is -2.20. The molecule has 29 heavy (non-hydrogen) atoms. The molecule has 2 aliphatic rings. The molecular formula is C18H31N5O5S. The van der Waals surface area contributed by atoms with Gasteiger partial charge in [0, 0.05) is 25.2 Å². The summed E-state index contributed by atoms with van der Waals surface area (Å²) in [6.07, 6.45) is 7.74. The van der Waals surface area contributed by atoms with Gasteiger partial charge in [0.05, 0.1) is 24.1 Å². The summed E-state index contributed by atoms with van der Waals surface area (Å²) in [5.41, 5.74) is 1.97. The number of hydrogen-bond acceptors (Lipinski definition) is 7. The fourth-order valence-electron chi connectivity index (χ4n) is 3.51. The molecule has 164 valence electrons. The van der Waals surface area contributed by atoms with Crippen molar-refractivity contribution in [2.24, 2.45) is 0 Å². The number of hydrogen-bond donors (Lipinski definition) is 4. The highest BCUT2D eigenvalue weighted by Crippen LogP contribution is 2.21. The van der Waals surface area contributed by atoms with Crippen molar-refractivity contribution in [2.45, 2.75) is 44.9 Å². The molecule has 2 aliphatic heterocycles. The molecule has 1 aromatic rings. The van der Waals surface area contributed by atoms with Gasteiger partial charge in [-0.15, -0.1) is 0 Å². The van der Waals surface area contributed by atoms with Crippen molar-refractivity contribution >= 4 is 21.7 Å². The first-order valence-electron chi connectivity index (χ1n) is 10.00. The second kappa shape index (κ2) is 11.3. The molecule has 3 rings (SSSR count). The Labute approximate surface area is 171 Å². The number of carbonyl (C=O) groups is 1. The van der Waals surface area contributed by atoms with Crippen LogP contribution >= 0.6 is 0 Å². The van der Waals surface area contributed by atoms with E-state index in [4.69, 9.17) is 4.55 Å². The summed E-state index contributed by atoms with van der Waals surface area (Å²) in [4.78, 5) is 26.4. The maximum absolute atomic E-state index is 12.2. The molecule has 10 nitrogen and oxygen atoms in total. The molecular weight excluding hydrogens is 398 g/mol. The number of aromatic nitrogens is 2. The minimum atomic E-state index is -3.67. The summed E-state index contributed by atoms with van der Waals surface area (Å²) < 4.78 is 25.9. The van der Waals surface area contributed by atoms with Gasteiger partial charge in [0.15, 0.2) is 0 Å². The van der Waals surface area contributed by atoms with E-state index in [1.807, 2.05) is 0 Å². The molecule has 0 unspecified atom stereocenters. The molecule has 0 aliphatic carbocycles. The molecule has 4 N–H and O–H groups in total. The number of likely N-dealkylation sites (tertiary alicyclic amines) is 1. The first-order valence-corrected chi connectivity index (χ1v) is 11.8. The first kappa shape index (κ1) is 23.3. The Morgan fingerprint density at radius 2 is 1.86 bits per heavy atom. The minimum absolute atomic E-state index is 0.0426. The lowest BCUT2D eigenvalue weighted by molar-refractivity contribution is -0.120. The van der Waals surface area contributed by atoms with E-state index in [0.29, 0.717) is 18.5 Å². The van der Waals surface area contributed by atoms with E-state index in [0.717, 1.165) is 50.3 Å². The predicted octanol–water partition coefficient (Wildman–Crippen LogP) is 0.167. The van der Waals surface area contributed by atoms with Gasteiger partial charge in [0.2, 0.25) is 5.91 Å². The van der Waals surface area contributed by atoms with E-state index in [2.05, 4.69) is 25.7 Å². The van der Waals surface area contributed by atoms with Crippen LogP contribution in [0.4, 0.5) is 5.69 Å². The van der Waals surface area contributed by atoms with Crippen molar-refractivity contribution in [1.82, 2.24) is 20.4 Å². The van der Waals surface area contributed by atoms with Crippen molar-refractivity contribution in [3.8, 4) is 0 Å². The lowest BCUT2D eigenvalue weighted by atomic mass is 10.0. The molecule has 3 heterocycles. The highest BCUT2D eigenvalue weighted by atomic mass is 32.2. The Bertz CT molecular complexity index is 824. The molecule has 0 aromatic carbocycles. The smallest absolute Gasteiger partial charge is 0.269 e. The van der Waals surface area contributed by atoms with E-state index in [-0.39, 0.29) is 17.9 Å². The average Bonchev–Trinajstić information content (AvgIpc) is 2.92. The molecule has 0 saturated carbocycles. The SMILES string of the molecule is CS(=O)(=O)O.O=C(Cc1n[nH]c(=O)c2c1NCCC2)NCCN1CCCCCC1. The third kappa shape index (κ3) is 8.92. The van der Waals surface area contributed by atoms with E-state index in [1.54, 1.807) is 0 Å². The third-order valence-electron chi connectivity index (χ3n) is 4.84. The molecule has 0 radical (unpaired) electrons. The molecule has 0 spiro atoms. The number of amides is 1. The molecule has 1 amide bonds. The van der Waals surface area contributed by atoms with Crippen molar-refractivity contribution < 1.29 is 17.8 Å². The van der Waals surface area contributed by atoms with Crippen molar-refractivity contribution in [3.63, 3.8) is 0 Å². The third-order valence-corrected chi connectivity index (χ3v) is 4.84. The van der Waals surface area contributed by atoms with Crippen molar-refractivity contribution in [3.05, 3.63) is 21.6 Å². The van der Waals surface area contributed by atoms with Crippen LogP contribution in [0.15, 0.2) is 4.79 Å². The van der Waals surface area contributed by atoms with Crippen LogP contribution in [0.2, 0.25) is 0 Å². The van der Waals surface area contributed by atoms with E-state index < -0.39 is 10.1 Å². The largest absolute Gasteiger partial charge is 0.383 e. The van der Waals surface area contributed by atoms with Crippen LogP contribution in [-0.4, -0.2) is 73.0 Å². The zero-order valence-corrected chi connectivity index (χ0v) is 17.7. The maximum Gasteiger partial charge on any atom is 0.269 e. The van der Waals surface area contributed by atoms with Gasteiger partial charge in [-0.05, 0) is 38.8 Å². The second-order valence-electron chi connectivity index (χ2n) is 7.40. The molecule has 0 atom stereocenters. The fraction of sp³-hybridized carbons (Fsp3) is 0.722. The van der Waals surface area contributed by atoms with Gasteiger partial charge in [-0.1, -0.05) is 12.8 Å². The summed E-state index contributed by atoms with van der Waals surface area (Å²) in [6, 6.07) is 0. The average molecular weight is 430 g/mol. The van der Waals surface area contributed by atoms with Gasteiger partial charge in [-0.2, -0.15) is 13.5 Å². The lowest BCUT2D eigenvalue weighted by Crippen LogP contribution is -2.36. The van der Waals surface area contributed by atoms with Crippen LogP contribution < -0.4 is 16.2 Å². The number of nitrogens with zero attached hydrogens (tertiary/aromatic N) is 2. The van der Waals surface area contributed by atoms with Gasteiger partial charge in [-0.25, -0.2) is 5.10 Å². The van der Waals surface area contributed by atoms with Gasteiger partial charge in [-0.3, -0.25) is 14.1 Å². The predicted molar refractivity (Wildman–Crippen MR) is 111 cm³/mol. The zero-order chi connectivity index (χ0) is 21.3. The summed E-state index contributed by atoms with van der Waals surface area (Å²) >= 11 is 0. The van der Waals surface area contributed by atoms with Crippen LogP contribution in [0, 0.1) is 0 Å². The van der Waals surface area contributed by atoms with Crippen LogP contribution in [0.25, 0.3) is 0 Å². The monoisotopic (exact) mass is 429 g/mol. The quantitative estimate of drug-likeness (QED) is 0.485. The van der Waals surface area contributed by atoms with E-state index in [9.17, 15) is 18.0 Å². The van der Waals surface area contributed by atoms with Gasteiger partial charge in [0.1, 0.15) is 0 Å². The minimum Gasteiger partial charge on any atom is -0.383 e. The van der Waals surface area contributed by atoms with Crippen molar-refractivity contribution in [1.29, 1.82) is 0 Å².